The number of hydrogen-bond donors (Lipinski definition) is 2. The molecular formula is C17H18F2N2O. The van der Waals surface area contributed by atoms with Gasteiger partial charge in [-0.1, -0.05) is 6.07 Å². The molecule has 0 atom stereocenters. The average molecular weight is 304 g/mol. The Kier molecular flexibility index (Phi) is 3.83. The van der Waals surface area contributed by atoms with Gasteiger partial charge in [0.15, 0.2) is 0 Å². The lowest BCUT2D eigenvalue weighted by Gasteiger charge is -2.43. The van der Waals surface area contributed by atoms with Gasteiger partial charge in [0.1, 0.15) is 17.4 Å². The molecule has 2 N–H and O–H groups in total. The first-order valence-corrected chi connectivity index (χ1v) is 7.37. The van der Waals surface area contributed by atoms with Crippen LogP contribution in [0.15, 0.2) is 30.3 Å². The van der Waals surface area contributed by atoms with Gasteiger partial charge < -0.3 is 10.4 Å². The molecule has 3 nitrogen and oxygen atoms in total. The minimum atomic E-state index is -0.715. The Bertz CT molecular complexity index is 679. The van der Waals surface area contributed by atoms with Crippen molar-refractivity contribution in [3.63, 3.8) is 0 Å². The van der Waals surface area contributed by atoms with Crippen molar-refractivity contribution in [2.24, 2.45) is 0 Å². The Balaban J connectivity index is 1.87. The van der Waals surface area contributed by atoms with Gasteiger partial charge in [-0.15, -0.1) is 0 Å². The highest BCUT2D eigenvalue weighted by atomic mass is 19.1. The van der Waals surface area contributed by atoms with E-state index in [2.05, 4.69) is 10.3 Å². The van der Waals surface area contributed by atoms with E-state index in [1.807, 2.05) is 6.92 Å². The molecule has 0 saturated heterocycles. The molecule has 1 heterocycles. The highest BCUT2D eigenvalue weighted by Crippen LogP contribution is 2.43. The molecule has 22 heavy (non-hydrogen) atoms. The highest BCUT2D eigenvalue weighted by Gasteiger charge is 2.42. The molecule has 1 aliphatic rings. The van der Waals surface area contributed by atoms with Crippen molar-refractivity contribution in [2.75, 3.05) is 0 Å². The van der Waals surface area contributed by atoms with E-state index in [1.54, 1.807) is 12.1 Å². The van der Waals surface area contributed by atoms with Gasteiger partial charge in [0.2, 0.25) is 0 Å². The van der Waals surface area contributed by atoms with Gasteiger partial charge >= 0.3 is 0 Å². The molecule has 0 aliphatic heterocycles. The second-order valence-electron chi connectivity index (χ2n) is 5.80. The van der Waals surface area contributed by atoms with Crippen LogP contribution in [0.5, 0.6) is 5.75 Å². The van der Waals surface area contributed by atoms with Crippen molar-refractivity contribution < 1.29 is 13.9 Å². The number of nitrogens with zero attached hydrogens (tertiary/aromatic N) is 1. The van der Waals surface area contributed by atoms with Gasteiger partial charge in [0.25, 0.3) is 0 Å². The van der Waals surface area contributed by atoms with Crippen LogP contribution < -0.4 is 5.32 Å². The Morgan fingerprint density at radius 2 is 1.86 bits per heavy atom. The summed E-state index contributed by atoms with van der Waals surface area (Å²) in [4.78, 5) is 4.27. The molecule has 0 bridgehead atoms. The maximum atomic E-state index is 14.1. The lowest BCUT2D eigenvalue weighted by atomic mass is 9.71. The molecular weight excluding hydrogens is 286 g/mol. The molecule has 5 heteroatoms. The number of nitrogens with one attached hydrogen (secondary N) is 1. The SMILES string of the molecule is Cc1ccc(O)c(CNC2(c3c(F)cccc3F)CCC2)n1. The van der Waals surface area contributed by atoms with Crippen LogP contribution in [-0.4, -0.2) is 10.1 Å². The number of rotatable bonds is 4. The lowest BCUT2D eigenvalue weighted by Crippen LogP contribution is -2.49. The van der Waals surface area contributed by atoms with E-state index < -0.39 is 17.2 Å². The second kappa shape index (κ2) is 5.65. The van der Waals surface area contributed by atoms with Gasteiger partial charge in [0, 0.05) is 23.3 Å². The first kappa shape index (κ1) is 14.9. The molecule has 116 valence electrons. The van der Waals surface area contributed by atoms with E-state index in [4.69, 9.17) is 0 Å². The summed E-state index contributed by atoms with van der Waals surface area (Å²) >= 11 is 0. The van der Waals surface area contributed by atoms with Crippen LogP contribution >= 0.6 is 0 Å². The van der Waals surface area contributed by atoms with Crippen LogP contribution in [0, 0.1) is 18.6 Å². The number of pyridine rings is 1. The summed E-state index contributed by atoms with van der Waals surface area (Å²) in [6, 6.07) is 7.23. The summed E-state index contributed by atoms with van der Waals surface area (Å²) in [6.07, 6.45) is 2.24. The highest BCUT2D eigenvalue weighted by molar-refractivity contribution is 5.32. The molecule has 1 aliphatic carbocycles. The number of halogens is 2. The third kappa shape index (κ3) is 2.57. The molecule has 0 amide bonds. The average Bonchev–Trinajstić information content (AvgIpc) is 2.43. The number of aryl methyl sites for hydroxylation is 1. The topological polar surface area (TPSA) is 45.1 Å². The quantitative estimate of drug-likeness (QED) is 0.908. The fraction of sp³-hybridized carbons (Fsp3) is 0.353. The Labute approximate surface area is 128 Å². The molecule has 1 aromatic heterocycles. The molecule has 0 radical (unpaired) electrons. The van der Waals surface area contributed by atoms with Gasteiger partial charge in [-0.25, -0.2) is 8.78 Å². The molecule has 2 aromatic rings. The molecule has 0 unspecified atom stereocenters. The van der Waals surface area contributed by atoms with E-state index in [9.17, 15) is 13.9 Å². The van der Waals surface area contributed by atoms with Crippen LogP contribution in [0.25, 0.3) is 0 Å². The van der Waals surface area contributed by atoms with Crippen molar-refractivity contribution in [2.45, 2.75) is 38.3 Å². The first-order chi connectivity index (χ1) is 10.5. The van der Waals surface area contributed by atoms with E-state index in [-0.39, 0.29) is 17.9 Å². The minimum absolute atomic E-state index is 0.0848. The van der Waals surface area contributed by atoms with E-state index >= 15 is 0 Å². The molecule has 1 aromatic carbocycles. The Hall–Kier alpha value is -2.01. The predicted octanol–water partition coefficient (Wildman–Crippen LogP) is 3.54. The molecule has 3 rings (SSSR count). The van der Waals surface area contributed by atoms with Gasteiger partial charge in [-0.05, 0) is 50.5 Å². The van der Waals surface area contributed by atoms with Crippen molar-refractivity contribution >= 4 is 0 Å². The Morgan fingerprint density at radius 3 is 2.45 bits per heavy atom. The summed E-state index contributed by atoms with van der Waals surface area (Å²) in [5, 5.41) is 13.1. The predicted molar refractivity (Wildman–Crippen MR) is 79.4 cm³/mol. The standard InChI is InChI=1S/C17H18F2N2O/c1-11-6-7-15(22)14(21-11)10-20-17(8-3-9-17)16-12(18)4-2-5-13(16)19/h2,4-7,20,22H,3,8-10H2,1H3. The van der Waals surface area contributed by atoms with Crippen molar-refractivity contribution in [1.82, 2.24) is 10.3 Å². The zero-order valence-corrected chi connectivity index (χ0v) is 12.4. The summed E-state index contributed by atoms with van der Waals surface area (Å²) in [5.41, 5.74) is 0.651. The van der Waals surface area contributed by atoms with Crippen LogP contribution in [0.1, 0.15) is 36.2 Å². The summed E-state index contributed by atoms with van der Waals surface area (Å²) in [5.74, 6) is -0.983. The lowest BCUT2D eigenvalue weighted by molar-refractivity contribution is 0.169. The smallest absolute Gasteiger partial charge is 0.138 e. The van der Waals surface area contributed by atoms with Crippen molar-refractivity contribution in [3.8, 4) is 5.75 Å². The molecule has 1 saturated carbocycles. The van der Waals surface area contributed by atoms with E-state index in [0.29, 0.717) is 18.5 Å². The van der Waals surface area contributed by atoms with E-state index in [1.165, 1.54) is 18.2 Å². The summed E-state index contributed by atoms with van der Waals surface area (Å²) in [6.45, 7) is 2.10. The molecule has 0 spiro atoms. The number of aromatic nitrogens is 1. The third-order valence-corrected chi connectivity index (χ3v) is 4.33. The molecule has 1 fully saturated rings. The fourth-order valence-corrected chi connectivity index (χ4v) is 2.99. The summed E-state index contributed by atoms with van der Waals surface area (Å²) in [7, 11) is 0. The maximum Gasteiger partial charge on any atom is 0.138 e. The zero-order valence-electron chi connectivity index (χ0n) is 12.4. The second-order valence-corrected chi connectivity index (χ2v) is 5.80. The number of benzene rings is 1. The minimum Gasteiger partial charge on any atom is -0.506 e. The van der Waals surface area contributed by atoms with Crippen LogP contribution in [0.3, 0.4) is 0 Å². The zero-order chi connectivity index (χ0) is 15.7. The maximum absolute atomic E-state index is 14.1. The third-order valence-electron chi connectivity index (χ3n) is 4.33. The van der Waals surface area contributed by atoms with E-state index in [0.717, 1.165) is 12.1 Å². The normalized spacial score (nSPS) is 16.3. The van der Waals surface area contributed by atoms with Crippen LogP contribution in [0.2, 0.25) is 0 Å². The first-order valence-electron chi connectivity index (χ1n) is 7.37. The number of hydrogen-bond acceptors (Lipinski definition) is 3. The summed E-state index contributed by atoms with van der Waals surface area (Å²) < 4.78 is 28.2. The largest absolute Gasteiger partial charge is 0.506 e. The van der Waals surface area contributed by atoms with Crippen molar-refractivity contribution in [3.05, 3.63) is 58.9 Å². The van der Waals surface area contributed by atoms with Crippen molar-refractivity contribution in [1.29, 1.82) is 0 Å². The Morgan fingerprint density at radius 1 is 1.18 bits per heavy atom. The number of aromatic hydroxyl groups is 1. The fourth-order valence-electron chi connectivity index (χ4n) is 2.99. The van der Waals surface area contributed by atoms with Gasteiger partial charge in [0.05, 0.1) is 5.69 Å². The van der Waals surface area contributed by atoms with Gasteiger partial charge in [-0.3, -0.25) is 4.98 Å². The van der Waals surface area contributed by atoms with Crippen LogP contribution in [0.4, 0.5) is 8.78 Å². The van der Waals surface area contributed by atoms with Gasteiger partial charge in [-0.2, -0.15) is 0 Å². The van der Waals surface area contributed by atoms with Crippen LogP contribution in [-0.2, 0) is 12.1 Å². The monoisotopic (exact) mass is 304 g/mol.